The van der Waals surface area contributed by atoms with Crippen LogP contribution in [0.5, 0.6) is 5.75 Å². The molecule has 1 saturated carbocycles. The largest absolute Gasteiger partial charge is 0.493 e. The molecule has 5 nitrogen and oxygen atoms in total. The Labute approximate surface area is 177 Å². The van der Waals surface area contributed by atoms with Crippen LogP contribution in [-0.2, 0) is 14.3 Å². The minimum absolute atomic E-state index is 0.0533. The molecule has 3 aromatic rings. The molecular weight excluding hydrogens is 400 g/mol. The Balaban J connectivity index is 1.25. The van der Waals surface area contributed by atoms with Gasteiger partial charge >= 0.3 is 5.97 Å². The molecule has 1 aliphatic carbocycles. The van der Waals surface area contributed by atoms with Gasteiger partial charge < -0.3 is 14.2 Å². The van der Waals surface area contributed by atoms with Crippen LogP contribution >= 0.6 is 11.3 Å². The number of carbonyl (C=O) groups is 2. The number of rotatable bonds is 4. The molecule has 0 saturated heterocycles. The molecule has 3 unspecified atom stereocenters. The van der Waals surface area contributed by atoms with Crippen LogP contribution in [0.2, 0.25) is 0 Å². The molecule has 30 heavy (non-hydrogen) atoms. The van der Waals surface area contributed by atoms with Crippen LogP contribution in [0.3, 0.4) is 0 Å². The first-order chi connectivity index (χ1) is 14.7. The van der Waals surface area contributed by atoms with Gasteiger partial charge in [0.25, 0.3) is 0 Å². The van der Waals surface area contributed by atoms with Crippen molar-refractivity contribution in [2.45, 2.75) is 31.5 Å². The van der Waals surface area contributed by atoms with Crippen LogP contribution in [0.1, 0.15) is 28.9 Å². The highest BCUT2D eigenvalue weighted by atomic mass is 32.1. The molecule has 5 rings (SSSR count). The van der Waals surface area contributed by atoms with Gasteiger partial charge in [0.2, 0.25) is 11.5 Å². The lowest BCUT2D eigenvalue weighted by Gasteiger charge is -2.36. The van der Waals surface area contributed by atoms with Gasteiger partial charge in [0.1, 0.15) is 29.1 Å². The van der Waals surface area contributed by atoms with E-state index < -0.39 is 0 Å². The Morgan fingerprint density at radius 3 is 2.73 bits per heavy atom. The predicted octanol–water partition coefficient (Wildman–Crippen LogP) is 5.12. The summed E-state index contributed by atoms with van der Waals surface area (Å²) in [5.74, 6) is 0.186. The van der Waals surface area contributed by atoms with Gasteiger partial charge in [-0.1, -0.05) is 36.4 Å². The molecule has 2 aromatic carbocycles. The van der Waals surface area contributed by atoms with Crippen LogP contribution < -0.4 is 4.74 Å². The summed E-state index contributed by atoms with van der Waals surface area (Å²) < 4.78 is 17.3. The zero-order valence-corrected chi connectivity index (χ0v) is 17.0. The maximum absolute atomic E-state index is 13.0. The molecule has 1 fully saturated rings. The van der Waals surface area contributed by atoms with Crippen molar-refractivity contribution >= 4 is 33.9 Å². The van der Waals surface area contributed by atoms with Gasteiger partial charge in [-0.15, -0.1) is 11.3 Å². The standard InChI is InChI=1S/C24H20O5S/c25-23-19-10-9-18(29-24(26)22-6-3-11-30-22)13-20(19)27-14-21(23)28-17-8-7-15-4-1-2-5-16(15)12-17/h1-8,11-12,14,18-20H,9-10,13H2. The van der Waals surface area contributed by atoms with E-state index in [0.717, 1.165) is 10.8 Å². The van der Waals surface area contributed by atoms with Gasteiger partial charge in [-0.2, -0.15) is 0 Å². The van der Waals surface area contributed by atoms with Crippen LogP contribution in [0.15, 0.2) is 72.0 Å². The smallest absolute Gasteiger partial charge is 0.348 e. The number of esters is 1. The summed E-state index contributed by atoms with van der Waals surface area (Å²) in [6.07, 6.45) is 2.61. The fourth-order valence-corrected chi connectivity index (χ4v) is 4.68. The van der Waals surface area contributed by atoms with E-state index in [1.165, 1.54) is 17.6 Å². The number of thiophene rings is 1. The van der Waals surface area contributed by atoms with E-state index in [1.807, 2.05) is 53.9 Å². The number of allylic oxidation sites excluding steroid dienone is 1. The number of ketones is 1. The number of fused-ring (bicyclic) bond motifs is 2. The van der Waals surface area contributed by atoms with E-state index >= 15 is 0 Å². The summed E-state index contributed by atoms with van der Waals surface area (Å²) in [7, 11) is 0. The topological polar surface area (TPSA) is 61.8 Å². The zero-order chi connectivity index (χ0) is 20.5. The molecular formula is C24H20O5S. The summed E-state index contributed by atoms with van der Waals surface area (Å²) in [6.45, 7) is 0. The number of carbonyl (C=O) groups excluding carboxylic acids is 2. The highest BCUT2D eigenvalue weighted by Gasteiger charge is 2.42. The van der Waals surface area contributed by atoms with Gasteiger partial charge in [0, 0.05) is 6.42 Å². The Morgan fingerprint density at radius 1 is 1.03 bits per heavy atom. The van der Waals surface area contributed by atoms with Crippen molar-refractivity contribution in [3.63, 3.8) is 0 Å². The summed E-state index contributed by atoms with van der Waals surface area (Å²) in [5.41, 5.74) is 0. The molecule has 0 N–H and O–H groups in total. The molecule has 0 amide bonds. The Bertz CT molecular complexity index is 1120. The second kappa shape index (κ2) is 7.95. The van der Waals surface area contributed by atoms with Crippen molar-refractivity contribution in [3.8, 4) is 5.75 Å². The Morgan fingerprint density at radius 2 is 1.90 bits per heavy atom. The van der Waals surface area contributed by atoms with Crippen LogP contribution in [0.25, 0.3) is 10.8 Å². The molecule has 3 atom stereocenters. The molecule has 2 heterocycles. The minimum atomic E-state index is -0.313. The molecule has 6 heteroatoms. The van der Waals surface area contributed by atoms with Gasteiger partial charge in [-0.3, -0.25) is 4.79 Å². The number of hydrogen-bond donors (Lipinski definition) is 0. The molecule has 2 aliphatic rings. The first kappa shape index (κ1) is 18.9. The molecule has 152 valence electrons. The average Bonchev–Trinajstić information content (AvgIpc) is 3.31. The molecule has 1 aliphatic heterocycles. The van der Waals surface area contributed by atoms with E-state index in [-0.39, 0.29) is 35.6 Å². The van der Waals surface area contributed by atoms with E-state index in [1.54, 1.807) is 6.07 Å². The number of Topliss-reactive ketones (excluding diaryl/α,β-unsaturated/α-hetero) is 1. The second-order valence-corrected chi connectivity index (χ2v) is 8.50. The molecule has 0 spiro atoms. The second-order valence-electron chi connectivity index (χ2n) is 7.56. The van der Waals surface area contributed by atoms with Gasteiger partial charge in [-0.05, 0) is 47.2 Å². The highest BCUT2D eigenvalue weighted by molar-refractivity contribution is 7.11. The third kappa shape index (κ3) is 3.71. The number of ether oxygens (including phenoxy) is 3. The van der Waals surface area contributed by atoms with Gasteiger partial charge in [0.05, 0.1) is 5.92 Å². The van der Waals surface area contributed by atoms with Crippen molar-refractivity contribution in [1.82, 2.24) is 0 Å². The Kier molecular flexibility index (Phi) is 5.01. The number of benzene rings is 2. The lowest BCUT2D eigenvalue weighted by Crippen LogP contribution is -2.43. The van der Waals surface area contributed by atoms with E-state index in [9.17, 15) is 9.59 Å². The summed E-state index contributed by atoms with van der Waals surface area (Å²) in [4.78, 5) is 25.7. The summed E-state index contributed by atoms with van der Waals surface area (Å²) in [5, 5.41) is 4.00. The fraction of sp³-hybridized carbons (Fsp3) is 0.250. The average molecular weight is 420 g/mol. The first-order valence-corrected chi connectivity index (χ1v) is 10.9. The minimum Gasteiger partial charge on any atom is -0.493 e. The molecule has 0 radical (unpaired) electrons. The normalized spacial score (nSPS) is 23.3. The monoisotopic (exact) mass is 420 g/mol. The van der Waals surface area contributed by atoms with Crippen molar-refractivity contribution in [2.24, 2.45) is 5.92 Å². The summed E-state index contributed by atoms with van der Waals surface area (Å²) in [6, 6.07) is 17.3. The van der Waals surface area contributed by atoms with Crippen molar-refractivity contribution in [3.05, 3.63) is 76.9 Å². The predicted molar refractivity (Wildman–Crippen MR) is 113 cm³/mol. The van der Waals surface area contributed by atoms with Crippen molar-refractivity contribution < 1.29 is 23.8 Å². The third-order valence-electron chi connectivity index (χ3n) is 5.62. The lowest BCUT2D eigenvalue weighted by molar-refractivity contribution is -0.132. The van der Waals surface area contributed by atoms with Crippen molar-refractivity contribution in [2.75, 3.05) is 0 Å². The van der Waals surface area contributed by atoms with Crippen LogP contribution in [0, 0.1) is 5.92 Å². The van der Waals surface area contributed by atoms with E-state index in [4.69, 9.17) is 14.2 Å². The van der Waals surface area contributed by atoms with Crippen molar-refractivity contribution in [1.29, 1.82) is 0 Å². The lowest BCUT2D eigenvalue weighted by atomic mass is 9.80. The van der Waals surface area contributed by atoms with Gasteiger partial charge in [0.15, 0.2) is 0 Å². The van der Waals surface area contributed by atoms with E-state index in [0.29, 0.717) is 29.9 Å². The summed E-state index contributed by atoms with van der Waals surface area (Å²) >= 11 is 1.36. The SMILES string of the molecule is O=C(OC1CCC2C(=O)C(Oc3ccc4ccccc4c3)=COC2C1)c1cccs1. The molecule has 0 bridgehead atoms. The zero-order valence-electron chi connectivity index (χ0n) is 16.2. The molecule has 1 aromatic heterocycles. The maximum Gasteiger partial charge on any atom is 0.348 e. The fourth-order valence-electron chi connectivity index (χ4n) is 4.08. The first-order valence-electron chi connectivity index (χ1n) is 9.98. The van der Waals surface area contributed by atoms with E-state index in [2.05, 4.69) is 0 Å². The quantitative estimate of drug-likeness (QED) is 0.549. The Hall–Kier alpha value is -3.12. The maximum atomic E-state index is 13.0. The highest BCUT2D eigenvalue weighted by Crippen LogP contribution is 2.35. The number of hydrogen-bond acceptors (Lipinski definition) is 6. The van der Waals surface area contributed by atoms with Crippen LogP contribution in [0.4, 0.5) is 0 Å². The van der Waals surface area contributed by atoms with Gasteiger partial charge in [-0.25, -0.2) is 4.79 Å². The van der Waals surface area contributed by atoms with Crippen LogP contribution in [-0.4, -0.2) is 24.0 Å². The third-order valence-corrected chi connectivity index (χ3v) is 6.47.